The van der Waals surface area contributed by atoms with Crippen LogP contribution in [-0.4, -0.2) is 44.3 Å². The molecule has 90 valence electrons. The standard InChI is InChI=1S/C11H18BNO2.H3N/c1-10-4-6-11(7-5-10)12(14)15-9-8-13(2)3;/h4-7,14H,8-9H2,1-3H3;1H3. The van der Waals surface area contributed by atoms with Crippen LogP contribution in [0.25, 0.3) is 0 Å². The highest BCUT2D eigenvalue weighted by Crippen LogP contribution is 1.94. The van der Waals surface area contributed by atoms with E-state index in [1.807, 2.05) is 50.2 Å². The third kappa shape index (κ3) is 5.28. The van der Waals surface area contributed by atoms with Gasteiger partial charge in [0.05, 0.1) is 0 Å². The van der Waals surface area contributed by atoms with E-state index in [0.717, 1.165) is 12.0 Å². The molecule has 5 heteroatoms. The first kappa shape index (κ1) is 15.1. The van der Waals surface area contributed by atoms with Crippen molar-refractivity contribution in [2.75, 3.05) is 27.2 Å². The molecule has 1 rings (SSSR count). The van der Waals surface area contributed by atoms with Gasteiger partial charge in [0.2, 0.25) is 0 Å². The van der Waals surface area contributed by atoms with E-state index in [0.29, 0.717) is 6.61 Å². The molecule has 0 radical (unpaired) electrons. The van der Waals surface area contributed by atoms with Gasteiger partial charge in [0.1, 0.15) is 0 Å². The summed E-state index contributed by atoms with van der Waals surface area (Å²) in [5.41, 5.74) is 1.98. The number of hydrogen-bond donors (Lipinski definition) is 2. The molecule has 0 aliphatic heterocycles. The number of benzene rings is 1. The first-order valence-electron chi connectivity index (χ1n) is 5.10. The molecule has 0 aromatic heterocycles. The summed E-state index contributed by atoms with van der Waals surface area (Å²) < 4.78 is 5.29. The molecular weight excluding hydrogens is 203 g/mol. The predicted molar refractivity (Wildman–Crippen MR) is 68.3 cm³/mol. The second kappa shape index (κ2) is 7.41. The van der Waals surface area contributed by atoms with Crippen molar-refractivity contribution in [1.29, 1.82) is 0 Å². The van der Waals surface area contributed by atoms with E-state index in [4.69, 9.17) is 4.65 Å². The van der Waals surface area contributed by atoms with Gasteiger partial charge in [-0.3, -0.25) is 0 Å². The summed E-state index contributed by atoms with van der Waals surface area (Å²) in [5.74, 6) is 0. The van der Waals surface area contributed by atoms with E-state index in [1.54, 1.807) is 0 Å². The molecule has 0 atom stereocenters. The number of hydrogen-bond acceptors (Lipinski definition) is 4. The Morgan fingerprint density at radius 1 is 1.25 bits per heavy atom. The Labute approximate surface area is 98.0 Å². The van der Waals surface area contributed by atoms with Gasteiger partial charge in [0.15, 0.2) is 0 Å². The summed E-state index contributed by atoms with van der Waals surface area (Å²) in [5, 5.41) is 9.68. The lowest BCUT2D eigenvalue weighted by Gasteiger charge is -2.12. The molecule has 4 nitrogen and oxygen atoms in total. The van der Waals surface area contributed by atoms with Gasteiger partial charge in [-0.2, -0.15) is 0 Å². The summed E-state index contributed by atoms with van der Waals surface area (Å²) in [6, 6.07) is 7.70. The van der Waals surface area contributed by atoms with Crippen LogP contribution in [0, 0.1) is 6.92 Å². The van der Waals surface area contributed by atoms with E-state index in [9.17, 15) is 5.02 Å². The Kier molecular flexibility index (Phi) is 7.00. The monoisotopic (exact) mass is 224 g/mol. The van der Waals surface area contributed by atoms with Crippen LogP contribution in [0.3, 0.4) is 0 Å². The molecule has 1 aromatic carbocycles. The average Bonchev–Trinajstić information content (AvgIpc) is 2.18. The van der Waals surface area contributed by atoms with Crippen molar-refractivity contribution >= 4 is 12.6 Å². The van der Waals surface area contributed by atoms with E-state index in [-0.39, 0.29) is 6.15 Å². The highest BCUT2D eigenvalue weighted by atomic mass is 16.5. The van der Waals surface area contributed by atoms with Crippen molar-refractivity contribution in [2.45, 2.75) is 6.92 Å². The van der Waals surface area contributed by atoms with Crippen molar-refractivity contribution in [1.82, 2.24) is 11.1 Å². The van der Waals surface area contributed by atoms with Crippen LogP contribution in [0.2, 0.25) is 0 Å². The van der Waals surface area contributed by atoms with Gasteiger partial charge in [-0.15, -0.1) is 0 Å². The van der Waals surface area contributed by atoms with Crippen LogP contribution in [0.15, 0.2) is 24.3 Å². The van der Waals surface area contributed by atoms with Crippen LogP contribution in [0.1, 0.15) is 5.56 Å². The minimum absolute atomic E-state index is 0. The highest BCUT2D eigenvalue weighted by molar-refractivity contribution is 6.59. The molecule has 0 saturated heterocycles. The maximum absolute atomic E-state index is 9.68. The zero-order valence-corrected chi connectivity index (χ0v) is 10.3. The minimum Gasteiger partial charge on any atom is -0.423 e. The van der Waals surface area contributed by atoms with E-state index in [1.165, 1.54) is 5.56 Å². The first-order chi connectivity index (χ1) is 7.09. The summed E-state index contributed by atoms with van der Waals surface area (Å²) >= 11 is 0. The van der Waals surface area contributed by atoms with E-state index >= 15 is 0 Å². The van der Waals surface area contributed by atoms with E-state index in [2.05, 4.69) is 0 Å². The Hall–Kier alpha value is -0.875. The van der Waals surface area contributed by atoms with Gasteiger partial charge >= 0.3 is 7.12 Å². The molecule has 0 aliphatic rings. The largest absolute Gasteiger partial charge is 0.491 e. The van der Waals surface area contributed by atoms with Crippen LogP contribution in [0.4, 0.5) is 0 Å². The van der Waals surface area contributed by atoms with Gasteiger partial charge in [0.25, 0.3) is 0 Å². The van der Waals surface area contributed by atoms with Crippen LogP contribution < -0.4 is 11.6 Å². The quantitative estimate of drug-likeness (QED) is 0.711. The fourth-order valence-electron chi connectivity index (χ4n) is 1.17. The second-order valence-corrected chi connectivity index (χ2v) is 3.94. The Balaban J connectivity index is 0.00000225. The Morgan fingerprint density at radius 3 is 2.31 bits per heavy atom. The Bertz CT molecular complexity index is 291. The molecule has 0 fully saturated rings. The third-order valence-electron chi connectivity index (χ3n) is 2.18. The highest BCUT2D eigenvalue weighted by Gasteiger charge is 2.15. The fraction of sp³-hybridized carbons (Fsp3) is 0.455. The summed E-state index contributed by atoms with van der Waals surface area (Å²) in [7, 11) is 3.13. The van der Waals surface area contributed by atoms with Gasteiger partial charge in [0, 0.05) is 13.2 Å². The minimum atomic E-state index is -0.814. The molecule has 0 spiro atoms. The molecule has 0 bridgehead atoms. The van der Waals surface area contributed by atoms with Gasteiger partial charge in [-0.05, 0) is 26.5 Å². The van der Waals surface area contributed by atoms with Crippen LogP contribution in [0.5, 0.6) is 0 Å². The first-order valence-corrected chi connectivity index (χ1v) is 5.10. The molecule has 16 heavy (non-hydrogen) atoms. The predicted octanol–water partition coefficient (Wildman–Crippen LogP) is 0.423. The lowest BCUT2D eigenvalue weighted by molar-refractivity contribution is 0.232. The lowest BCUT2D eigenvalue weighted by Crippen LogP contribution is -2.35. The van der Waals surface area contributed by atoms with Crippen molar-refractivity contribution in [3.05, 3.63) is 29.8 Å². The fourth-order valence-corrected chi connectivity index (χ4v) is 1.17. The Morgan fingerprint density at radius 2 is 1.81 bits per heavy atom. The van der Waals surface area contributed by atoms with Crippen LogP contribution >= 0.6 is 0 Å². The molecule has 4 N–H and O–H groups in total. The third-order valence-corrected chi connectivity index (χ3v) is 2.18. The van der Waals surface area contributed by atoms with Crippen molar-refractivity contribution in [3.63, 3.8) is 0 Å². The molecule has 0 heterocycles. The summed E-state index contributed by atoms with van der Waals surface area (Å²) in [6.45, 7) is 3.36. The molecule has 0 saturated carbocycles. The van der Waals surface area contributed by atoms with Crippen molar-refractivity contribution in [3.8, 4) is 0 Å². The maximum Gasteiger partial charge on any atom is 0.491 e. The SMILES string of the molecule is Cc1ccc(B(O)OCCN(C)C)cc1.N. The molecule has 0 unspecified atom stereocenters. The average molecular weight is 224 g/mol. The van der Waals surface area contributed by atoms with Gasteiger partial charge < -0.3 is 20.7 Å². The molecule has 0 amide bonds. The summed E-state index contributed by atoms with van der Waals surface area (Å²) in [4.78, 5) is 2.02. The zero-order chi connectivity index (χ0) is 11.3. The van der Waals surface area contributed by atoms with Crippen molar-refractivity contribution in [2.24, 2.45) is 0 Å². The molecule has 1 aromatic rings. The maximum atomic E-state index is 9.68. The second-order valence-electron chi connectivity index (χ2n) is 3.94. The smallest absolute Gasteiger partial charge is 0.423 e. The molecule has 0 aliphatic carbocycles. The number of rotatable bonds is 5. The van der Waals surface area contributed by atoms with Gasteiger partial charge in [-0.25, -0.2) is 0 Å². The molecular formula is C11H21BN2O2. The summed E-state index contributed by atoms with van der Waals surface area (Å²) in [6.07, 6.45) is 0. The lowest BCUT2D eigenvalue weighted by atomic mass is 9.79. The number of aryl methyl sites for hydroxylation is 1. The van der Waals surface area contributed by atoms with Crippen molar-refractivity contribution < 1.29 is 9.68 Å². The normalized spacial score (nSPS) is 10.1. The number of likely N-dealkylation sites (N-methyl/N-ethyl adjacent to an activating group) is 1. The van der Waals surface area contributed by atoms with Gasteiger partial charge in [-0.1, -0.05) is 29.8 Å². The number of nitrogens with zero attached hydrogens (tertiary/aromatic N) is 1. The zero-order valence-electron chi connectivity index (χ0n) is 10.3. The topological polar surface area (TPSA) is 67.7 Å². The van der Waals surface area contributed by atoms with E-state index < -0.39 is 7.12 Å². The van der Waals surface area contributed by atoms with Crippen LogP contribution in [-0.2, 0) is 4.65 Å².